The molecule has 0 unspecified atom stereocenters. The number of likely N-dealkylation sites (N-methyl/N-ethyl adjacent to an activating group) is 1. The van der Waals surface area contributed by atoms with Crippen LogP contribution in [0.2, 0.25) is 0 Å². The van der Waals surface area contributed by atoms with E-state index < -0.39 is 0 Å². The molecule has 0 saturated heterocycles. The third-order valence-electron chi connectivity index (χ3n) is 3.48. The van der Waals surface area contributed by atoms with Crippen molar-refractivity contribution in [3.8, 4) is 0 Å². The van der Waals surface area contributed by atoms with Gasteiger partial charge >= 0.3 is 0 Å². The van der Waals surface area contributed by atoms with Crippen molar-refractivity contribution >= 4 is 5.78 Å². The highest BCUT2D eigenvalue weighted by Crippen LogP contribution is 2.19. The number of nitrogens with zero attached hydrogens (tertiary/aromatic N) is 1. The van der Waals surface area contributed by atoms with Crippen LogP contribution in [-0.2, 0) is 9.53 Å². The zero-order chi connectivity index (χ0) is 17.3. The summed E-state index contributed by atoms with van der Waals surface area (Å²) in [5, 5.41) is 0. The lowest BCUT2D eigenvalue weighted by atomic mass is 10.0. The molecule has 0 fully saturated rings. The molecule has 0 aromatic carbocycles. The van der Waals surface area contributed by atoms with E-state index in [2.05, 4.69) is 46.4 Å². The van der Waals surface area contributed by atoms with E-state index in [1.165, 1.54) is 0 Å². The minimum atomic E-state index is -0.121. The molecule has 128 valence electrons. The SMILES string of the molecule is C/C=C\N(C)C(C)(C)CO/C(=C\C(=O)CC(C)C)CC(C)C. The predicted octanol–water partition coefficient (Wildman–Crippen LogP) is 4.79. The van der Waals surface area contributed by atoms with E-state index in [4.69, 9.17) is 4.74 Å². The van der Waals surface area contributed by atoms with E-state index in [9.17, 15) is 4.79 Å². The van der Waals surface area contributed by atoms with Crippen LogP contribution in [0.3, 0.4) is 0 Å². The molecule has 0 spiro atoms. The van der Waals surface area contributed by atoms with Crippen molar-refractivity contribution in [1.29, 1.82) is 0 Å². The normalized spacial score (nSPS) is 13.3. The number of hydrogen-bond donors (Lipinski definition) is 0. The quantitative estimate of drug-likeness (QED) is 0.429. The van der Waals surface area contributed by atoms with E-state index in [1.807, 2.05) is 26.2 Å². The van der Waals surface area contributed by atoms with Crippen LogP contribution >= 0.6 is 0 Å². The molecule has 0 aromatic heterocycles. The monoisotopic (exact) mass is 309 g/mol. The maximum Gasteiger partial charge on any atom is 0.159 e. The van der Waals surface area contributed by atoms with Gasteiger partial charge in [-0.1, -0.05) is 33.8 Å². The molecular formula is C19H35NO2. The molecule has 0 rings (SSSR count). The Morgan fingerprint density at radius 3 is 2.14 bits per heavy atom. The molecule has 0 aliphatic rings. The van der Waals surface area contributed by atoms with Crippen LogP contribution in [0.5, 0.6) is 0 Å². The van der Waals surface area contributed by atoms with Crippen LogP contribution in [0.4, 0.5) is 0 Å². The Balaban J connectivity index is 4.86. The van der Waals surface area contributed by atoms with Crippen molar-refractivity contribution in [2.45, 2.75) is 66.8 Å². The van der Waals surface area contributed by atoms with Gasteiger partial charge in [-0.2, -0.15) is 0 Å². The predicted molar refractivity (Wildman–Crippen MR) is 94.6 cm³/mol. The van der Waals surface area contributed by atoms with Gasteiger partial charge in [0.1, 0.15) is 6.61 Å². The van der Waals surface area contributed by atoms with Gasteiger partial charge < -0.3 is 9.64 Å². The topological polar surface area (TPSA) is 29.5 Å². The van der Waals surface area contributed by atoms with Crippen molar-refractivity contribution in [3.63, 3.8) is 0 Å². The number of ether oxygens (including phenoxy) is 1. The Bertz CT molecular complexity index is 392. The second-order valence-electron chi connectivity index (χ2n) is 7.47. The summed E-state index contributed by atoms with van der Waals surface area (Å²) in [5.74, 6) is 1.81. The maximum absolute atomic E-state index is 12.0. The van der Waals surface area contributed by atoms with Gasteiger partial charge in [0.05, 0.1) is 11.3 Å². The largest absolute Gasteiger partial charge is 0.495 e. The highest BCUT2D eigenvalue weighted by molar-refractivity contribution is 5.90. The molecule has 0 bridgehead atoms. The Morgan fingerprint density at radius 2 is 1.68 bits per heavy atom. The van der Waals surface area contributed by atoms with Crippen LogP contribution in [0, 0.1) is 11.8 Å². The summed E-state index contributed by atoms with van der Waals surface area (Å²) in [6.07, 6.45) is 7.13. The molecule has 0 heterocycles. The third kappa shape index (κ3) is 8.91. The fourth-order valence-electron chi connectivity index (χ4n) is 2.00. The van der Waals surface area contributed by atoms with Crippen LogP contribution in [0.1, 0.15) is 61.3 Å². The summed E-state index contributed by atoms with van der Waals surface area (Å²) >= 11 is 0. The number of carbonyl (C=O) groups is 1. The van der Waals surface area contributed by atoms with Crippen LogP contribution < -0.4 is 0 Å². The number of ketones is 1. The average molecular weight is 309 g/mol. The molecule has 0 radical (unpaired) electrons. The third-order valence-corrected chi connectivity index (χ3v) is 3.48. The van der Waals surface area contributed by atoms with E-state index in [0.717, 1.165) is 12.2 Å². The molecule has 0 aromatic rings. The first-order valence-corrected chi connectivity index (χ1v) is 8.30. The molecule has 3 nitrogen and oxygen atoms in total. The number of allylic oxidation sites excluding steroid dienone is 3. The summed E-state index contributed by atoms with van der Waals surface area (Å²) < 4.78 is 6.00. The Hall–Kier alpha value is -1.25. The number of carbonyl (C=O) groups excluding carboxylic acids is 1. The lowest BCUT2D eigenvalue weighted by Crippen LogP contribution is -2.41. The maximum atomic E-state index is 12.0. The summed E-state index contributed by atoms with van der Waals surface area (Å²) in [6, 6.07) is 0. The standard InChI is InChI=1S/C19H35NO2/c1-9-10-20(8)19(6,7)14-22-18(12-16(4)5)13-17(21)11-15(2)3/h9-10,13,15-16H,11-12,14H2,1-8H3/b10-9-,18-13-. The minimum Gasteiger partial charge on any atom is -0.495 e. The summed E-state index contributed by atoms with van der Waals surface area (Å²) in [7, 11) is 2.04. The second kappa shape index (κ2) is 9.70. The van der Waals surface area contributed by atoms with Gasteiger partial charge in [-0.15, -0.1) is 0 Å². The van der Waals surface area contributed by atoms with Crippen molar-refractivity contribution in [1.82, 2.24) is 4.90 Å². The fraction of sp³-hybridized carbons (Fsp3) is 0.737. The molecule has 0 aliphatic carbocycles. The van der Waals surface area contributed by atoms with Crippen molar-refractivity contribution < 1.29 is 9.53 Å². The fourth-order valence-corrected chi connectivity index (χ4v) is 2.00. The number of rotatable bonds is 10. The Kier molecular flexibility index (Phi) is 9.15. The van der Waals surface area contributed by atoms with Crippen molar-refractivity contribution in [3.05, 3.63) is 24.1 Å². The summed E-state index contributed by atoms with van der Waals surface area (Å²) in [6.45, 7) is 15.2. The summed E-state index contributed by atoms with van der Waals surface area (Å²) in [5.41, 5.74) is -0.121. The highest BCUT2D eigenvalue weighted by Gasteiger charge is 2.23. The minimum absolute atomic E-state index is 0.121. The molecule has 0 saturated carbocycles. The van der Waals surface area contributed by atoms with Crippen molar-refractivity contribution in [2.75, 3.05) is 13.7 Å². The summed E-state index contributed by atoms with van der Waals surface area (Å²) in [4.78, 5) is 14.2. The molecule has 0 amide bonds. The van der Waals surface area contributed by atoms with Crippen LogP contribution in [0.25, 0.3) is 0 Å². The smallest absolute Gasteiger partial charge is 0.159 e. The zero-order valence-corrected chi connectivity index (χ0v) is 15.8. The van der Waals surface area contributed by atoms with Gasteiger partial charge in [-0.3, -0.25) is 4.79 Å². The first-order chi connectivity index (χ1) is 10.1. The molecule has 3 heteroatoms. The van der Waals surface area contributed by atoms with Gasteiger partial charge in [0.15, 0.2) is 5.78 Å². The van der Waals surface area contributed by atoms with E-state index in [0.29, 0.717) is 24.9 Å². The van der Waals surface area contributed by atoms with Crippen LogP contribution in [-0.4, -0.2) is 29.9 Å². The van der Waals surface area contributed by atoms with E-state index >= 15 is 0 Å². The van der Waals surface area contributed by atoms with Gasteiger partial charge in [0.2, 0.25) is 0 Å². The van der Waals surface area contributed by atoms with Gasteiger partial charge in [0.25, 0.3) is 0 Å². The molecule has 22 heavy (non-hydrogen) atoms. The van der Waals surface area contributed by atoms with E-state index in [1.54, 1.807) is 6.08 Å². The molecule has 0 N–H and O–H groups in total. The zero-order valence-electron chi connectivity index (χ0n) is 15.8. The van der Waals surface area contributed by atoms with Gasteiger partial charge in [-0.05, 0) is 38.8 Å². The van der Waals surface area contributed by atoms with Gasteiger partial charge in [0, 0.05) is 26.0 Å². The second-order valence-corrected chi connectivity index (χ2v) is 7.47. The Morgan fingerprint density at radius 1 is 1.14 bits per heavy atom. The average Bonchev–Trinajstić information content (AvgIpc) is 2.34. The first kappa shape index (κ1) is 20.8. The first-order valence-electron chi connectivity index (χ1n) is 8.30. The van der Waals surface area contributed by atoms with Gasteiger partial charge in [-0.25, -0.2) is 0 Å². The number of hydrogen-bond acceptors (Lipinski definition) is 3. The Labute approximate surface area is 137 Å². The van der Waals surface area contributed by atoms with Crippen molar-refractivity contribution in [2.24, 2.45) is 11.8 Å². The highest BCUT2D eigenvalue weighted by atomic mass is 16.5. The lowest BCUT2D eigenvalue weighted by Gasteiger charge is -2.35. The van der Waals surface area contributed by atoms with Crippen LogP contribution in [0.15, 0.2) is 24.1 Å². The molecule has 0 atom stereocenters. The molecular weight excluding hydrogens is 274 g/mol. The molecule has 0 aliphatic heterocycles. The lowest BCUT2D eigenvalue weighted by molar-refractivity contribution is -0.115. The van der Waals surface area contributed by atoms with E-state index in [-0.39, 0.29) is 11.3 Å².